The SMILES string of the molecule is CCN(C(=O)c1cc(-c2ccc(C)cc2)no1)c1ccc(Br)cn1. The highest BCUT2D eigenvalue weighted by Gasteiger charge is 2.22. The van der Waals surface area contributed by atoms with Crippen LogP contribution in [-0.2, 0) is 0 Å². The molecule has 0 saturated heterocycles. The Labute approximate surface area is 148 Å². The number of aryl methyl sites for hydroxylation is 1. The van der Waals surface area contributed by atoms with Crippen molar-refractivity contribution in [2.75, 3.05) is 11.4 Å². The number of hydrogen-bond donors (Lipinski definition) is 0. The van der Waals surface area contributed by atoms with E-state index >= 15 is 0 Å². The quantitative estimate of drug-likeness (QED) is 0.664. The molecule has 24 heavy (non-hydrogen) atoms. The molecule has 2 heterocycles. The first kappa shape index (κ1) is 16.4. The summed E-state index contributed by atoms with van der Waals surface area (Å²) >= 11 is 3.34. The summed E-state index contributed by atoms with van der Waals surface area (Å²) in [5.41, 5.74) is 2.71. The molecule has 1 amide bonds. The number of pyridine rings is 1. The predicted molar refractivity (Wildman–Crippen MR) is 96.0 cm³/mol. The second-order valence-electron chi connectivity index (χ2n) is 5.33. The minimum atomic E-state index is -0.266. The first-order chi connectivity index (χ1) is 11.6. The van der Waals surface area contributed by atoms with Crippen molar-refractivity contribution in [2.24, 2.45) is 0 Å². The fourth-order valence-corrected chi connectivity index (χ4v) is 2.54. The summed E-state index contributed by atoms with van der Waals surface area (Å²) < 4.78 is 6.12. The van der Waals surface area contributed by atoms with E-state index in [1.807, 2.05) is 44.2 Å². The zero-order valence-electron chi connectivity index (χ0n) is 13.4. The van der Waals surface area contributed by atoms with Crippen molar-refractivity contribution in [3.05, 3.63) is 64.5 Å². The molecular formula is C18H16BrN3O2. The molecule has 0 aliphatic rings. The van der Waals surface area contributed by atoms with Crippen LogP contribution in [0.25, 0.3) is 11.3 Å². The molecule has 0 saturated carbocycles. The summed E-state index contributed by atoms with van der Waals surface area (Å²) in [6, 6.07) is 13.2. The molecule has 0 unspecified atom stereocenters. The summed E-state index contributed by atoms with van der Waals surface area (Å²) in [6.45, 7) is 4.39. The molecule has 0 spiro atoms. The van der Waals surface area contributed by atoms with E-state index < -0.39 is 0 Å². The van der Waals surface area contributed by atoms with Crippen LogP contribution in [0.2, 0.25) is 0 Å². The lowest BCUT2D eigenvalue weighted by Crippen LogP contribution is -2.31. The van der Waals surface area contributed by atoms with Gasteiger partial charge in [-0.15, -0.1) is 0 Å². The first-order valence-corrected chi connectivity index (χ1v) is 8.35. The molecule has 0 aliphatic carbocycles. The van der Waals surface area contributed by atoms with Gasteiger partial charge in [-0.2, -0.15) is 0 Å². The topological polar surface area (TPSA) is 59.2 Å². The molecule has 3 aromatic rings. The number of aromatic nitrogens is 2. The summed E-state index contributed by atoms with van der Waals surface area (Å²) in [6.07, 6.45) is 1.66. The highest BCUT2D eigenvalue weighted by atomic mass is 79.9. The third-order valence-corrected chi connectivity index (χ3v) is 4.09. The number of anilines is 1. The van der Waals surface area contributed by atoms with Crippen molar-refractivity contribution in [1.29, 1.82) is 0 Å². The molecule has 0 atom stereocenters. The van der Waals surface area contributed by atoms with E-state index in [-0.39, 0.29) is 11.7 Å². The maximum absolute atomic E-state index is 12.7. The van der Waals surface area contributed by atoms with Crippen molar-refractivity contribution < 1.29 is 9.32 Å². The Bertz CT molecular complexity index is 841. The molecule has 6 heteroatoms. The van der Waals surface area contributed by atoms with Gasteiger partial charge < -0.3 is 4.52 Å². The average Bonchev–Trinajstić information content (AvgIpc) is 3.08. The maximum atomic E-state index is 12.7. The molecule has 122 valence electrons. The second kappa shape index (κ2) is 6.97. The van der Waals surface area contributed by atoms with Crippen LogP contribution in [-0.4, -0.2) is 22.6 Å². The number of hydrogen-bond acceptors (Lipinski definition) is 4. The minimum absolute atomic E-state index is 0.192. The lowest BCUT2D eigenvalue weighted by atomic mass is 10.1. The molecule has 0 aliphatic heterocycles. The van der Waals surface area contributed by atoms with Gasteiger partial charge in [-0.3, -0.25) is 9.69 Å². The monoisotopic (exact) mass is 385 g/mol. The van der Waals surface area contributed by atoms with Gasteiger partial charge in [-0.05, 0) is 41.9 Å². The average molecular weight is 386 g/mol. The molecule has 0 radical (unpaired) electrons. The number of carbonyl (C=O) groups excluding carboxylic acids is 1. The Morgan fingerprint density at radius 3 is 2.58 bits per heavy atom. The van der Waals surface area contributed by atoms with Crippen molar-refractivity contribution in [3.8, 4) is 11.3 Å². The van der Waals surface area contributed by atoms with Crippen molar-refractivity contribution in [3.63, 3.8) is 0 Å². The van der Waals surface area contributed by atoms with Gasteiger partial charge in [-0.25, -0.2) is 4.98 Å². The van der Waals surface area contributed by atoms with E-state index in [0.717, 1.165) is 15.6 Å². The predicted octanol–water partition coefficient (Wildman–Crippen LogP) is 4.47. The molecular weight excluding hydrogens is 370 g/mol. The molecule has 0 fully saturated rings. The van der Waals surface area contributed by atoms with Gasteiger partial charge in [0.25, 0.3) is 5.91 Å². The third kappa shape index (κ3) is 3.38. The highest BCUT2D eigenvalue weighted by molar-refractivity contribution is 9.10. The van der Waals surface area contributed by atoms with Crippen LogP contribution < -0.4 is 4.90 Å². The Balaban J connectivity index is 1.86. The van der Waals surface area contributed by atoms with Crippen LogP contribution in [0, 0.1) is 6.92 Å². The zero-order valence-corrected chi connectivity index (χ0v) is 14.9. The van der Waals surface area contributed by atoms with Crippen molar-refractivity contribution >= 4 is 27.7 Å². The van der Waals surface area contributed by atoms with Crippen molar-refractivity contribution in [1.82, 2.24) is 10.1 Å². The van der Waals surface area contributed by atoms with E-state index in [1.165, 1.54) is 0 Å². The Morgan fingerprint density at radius 2 is 1.96 bits per heavy atom. The van der Waals surface area contributed by atoms with E-state index in [4.69, 9.17) is 4.52 Å². The zero-order chi connectivity index (χ0) is 17.1. The third-order valence-electron chi connectivity index (χ3n) is 3.62. The van der Waals surface area contributed by atoms with Gasteiger partial charge in [0.1, 0.15) is 11.5 Å². The molecule has 1 aromatic carbocycles. The lowest BCUT2D eigenvalue weighted by molar-refractivity contribution is 0.0952. The van der Waals surface area contributed by atoms with Crippen LogP contribution in [0.1, 0.15) is 23.0 Å². The molecule has 0 bridgehead atoms. The molecule has 5 nitrogen and oxygen atoms in total. The number of carbonyl (C=O) groups is 1. The second-order valence-corrected chi connectivity index (χ2v) is 6.24. The van der Waals surface area contributed by atoms with E-state index in [1.54, 1.807) is 23.2 Å². The van der Waals surface area contributed by atoms with Gasteiger partial charge in [0, 0.05) is 28.8 Å². The Kier molecular flexibility index (Phi) is 4.76. The van der Waals surface area contributed by atoms with Crippen LogP contribution in [0.5, 0.6) is 0 Å². The summed E-state index contributed by atoms with van der Waals surface area (Å²) in [4.78, 5) is 18.5. The molecule has 0 N–H and O–H groups in total. The largest absolute Gasteiger partial charge is 0.350 e. The summed E-state index contributed by atoms with van der Waals surface area (Å²) in [7, 11) is 0. The van der Waals surface area contributed by atoms with Gasteiger partial charge in [0.15, 0.2) is 0 Å². The standard InChI is InChI=1S/C18H16BrN3O2/c1-3-22(17-9-8-14(19)11-20-17)18(23)16-10-15(21-24-16)13-6-4-12(2)5-7-13/h4-11H,3H2,1-2H3. The fourth-order valence-electron chi connectivity index (χ4n) is 2.31. The summed E-state index contributed by atoms with van der Waals surface area (Å²) in [5.74, 6) is 0.495. The van der Waals surface area contributed by atoms with E-state index in [2.05, 4.69) is 26.1 Å². The van der Waals surface area contributed by atoms with Gasteiger partial charge >= 0.3 is 0 Å². The minimum Gasteiger partial charge on any atom is -0.350 e. The highest BCUT2D eigenvalue weighted by Crippen LogP contribution is 2.22. The Morgan fingerprint density at radius 1 is 1.21 bits per heavy atom. The first-order valence-electron chi connectivity index (χ1n) is 7.55. The Hall–Kier alpha value is -2.47. The van der Waals surface area contributed by atoms with Crippen LogP contribution in [0.3, 0.4) is 0 Å². The van der Waals surface area contributed by atoms with E-state index in [9.17, 15) is 4.79 Å². The molecule has 2 aromatic heterocycles. The fraction of sp³-hybridized carbons (Fsp3) is 0.167. The normalized spacial score (nSPS) is 10.6. The van der Waals surface area contributed by atoms with Crippen LogP contribution >= 0.6 is 15.9 Å². The van der Waals surface area contributed by atoms with Gasteiger partial charge in [-0.1, -0.05) is 35.0 Å². The number of nitrogens with zero attached hydrogens (tertiary/aromatic N) is 3. The van der Waals surface area contributed by atoms with Gasteiger partial charge in [0.05, 0.1) is 0 Å². The van der Waals surface area contributed by atoms with Crippen molar-refractivity contribution in [2.45, 2.75) is 13.8 Å². The number of rotatable bonds is 4. The van der Waals surface area contributed by atoms with Crippen LogP contribution in [0.4, 0.5) is 5.82 Å². The van der Waals surface area contributed by atoms with E-state index in [0.29, 0.717) is 18.1 Å². The molecule has 3 rings (SSSR count). The summed E-state index contributed by atoms with van der Waals surface area (Å²) in [5, 5.41) is 4.01. The number of halogens is 1. The number of benzene rings is 1. The number of amides is 1. The smallest absolute Gasteiger partial charge is 0.298 e. The van der Waals surface area contributed by atoms with Crippen LogP contribution in [0.15, 0.2) is 57.7 Å². The maximum Gasteiger partial charge on any atom is 0.298 e. The lowest BCUT2D eigenvalue weighted by Gasteiger charge is -2.18. The van der Waals surface area contributed by atoms with Gasteiger partial charge in [0.2, 0.25) is 5.76 Å².